The molecule has 0 aliphatic rings. The Morgan fingerprint density at radius 1 is 1.21 bits per heavy atom. The number of anilines is 2. The van der Waals surface area contributed by atoms with Crippen molar-refractivity contribution >= 4 is 11.4 Å². The van der Waals surface area contributed by atoms with Gasteiger partial charge < -0.3 is 20.2 Å². The zero-order valence-corrected chi connectivity index (χ0v) is 11.5. The summed E-state index contributed by atoms with van der Waals surface area (Å²) < 4.78 is 11.0. The summed E-state index contributed by atoms with van der Waals surface area (Å²) in [5, 5.41) is 3.34. The minimum Gasteiger partial charge on any atom is -0.491 e. The van der Waals surface area contributed by atoms with Gasteiger partial charge in [0.2, 0.25) is 0 Å². The van der Waals surface area contributed by atoms with E-state index in [1.165, 1.54) is 0 Å². The van der Waals surface area contributed by atoms with Crippen molar-refractivity contribution in [2.24, 2.45) is 0 Å². The highest BCUT2D eigenvalue weighted by molar-refractivity contribution is 5.59. The molecular formula is C15H20N2O2. The van der Waals surface area contributed by atoms with Crippen LogP contribution in [0.25, 0.3) is 0 Å². The highest BCUT2D eigenvalue weighted by Crippen LogP contribution is 2.26. The minimum atomic E-state index is 0.0729. The van der Waals surface area contributed by atoms with Crippen LogP contribution in [0.3, 0.4) is 0 Å². The molecule has 0 bridgehead atoms. The number of rotatable bonds is 5. The summed E-state index contributed by atoms with van der Waals surface area (Å²) >= 11 is 0. The van der Waals surface area contributed by atoms with Gasteiger partial charge in [-0.1, -0.05) is 0 Å². The Morgan fingerprint density at radius 2 is 2.00 bits per heavy atom. The lowest BCUT2D eigenvalue weighted by atomic mass is 10.2. The van der Waals surface area contributed by atoms with Gasteiger partial charge in [-0.2, -0.15) is 0 Å². The molecule has 0 radical (unpaired) electrons. The van der Waals surface area contributed by atoms with E-state index in [0.717, 1.165) is 17.2 Å². The van der Waals surface area contributed by atoms with Crippen molar-refractivity contribution in [3.8, 4) is 5.75 Å². The zero-order chi connectivity index (χ0) is 13.8. The first kappa shape index (κ1) is 13.3. The highest BCUT2D eigenvalue weighted by Gasteiger charge is 2.09. The van der Waals surface area contributed by atoms with E-state index in [0.29, 0.717) is 5.69 Å². The van der Waals surface area contributed by atoms with E-state index in [1.807, 2.05) is 51.1 Å². The highest BCUT2D eigenvalue weighted by atomic mass is 16.5. The molecule has 2 rings (SSSR count). The van der Waals surface area contributed by atoms with Gasteiger partial charge >= 0.3 is 0 Å². The third-order valence-corrected chi connectivity index (χ3v) is 2.65. The first-order chi connectivity index (χ1) is 9.04. The van der Waals surface area contributed by atoms with Crippen LogP contribution in [0.1, 0.15) is 32.6 Å². The number of hydrogen-bond donors (Lipinski definition) is 2. The quantitative estimate of drug-likeness (QED) is 0.802. The standard InChI is InChI=1S/C15H20N2O2/c1-10(2)19-14-8-12(16)7-13(9-14)17-11(3)15-5-4-6-18-15/h4-11,17H,16H2,1-3H3. The van der Waals surface area contributed by atoms with Crippen LogP contribution in [0.4, 0.5) is 11.4 Å². The molecule has 3 N–H and O–H groups in total. The third kappa shape index (κ3) is 3.68. The Morgan fingerprint density at radius 3 is 2.63 bits per heavy atom. The smallest absolute Gasteiger partial charge is 0.125 e. The van der Waals surface area contributed by atoms with Crippen molar-refractivity contribution in [2.45, 2.75) is 32.9 Å². The van der Waals surface area contributed by atoms with E-state index in [2.05, 4.69) is 5.32 Å². The lowest BCUT2D eigenvalue weighted by Gasteiger charge is -2.16. The average molecular weight is 260 g/mol. The maximum absolute atomic E-state index is 5.89. The molecule has 0 fully saturated rings. The fraction of sp³-hybridized carbons (Fsp3) is 0.333. The van der Waals surface area contributed by atoms with E-state index in [4.69, 9.17) is 14.9 Å². The largest absolute Gasteiger partial charge is 0.491 e. The van der Waals surface area contributed by atoms with Gasteiger partial charge in [0, 0.05) is 23.5 Å². The van der Waals surface area contributed by atoms with Crippen LogP contribution in [0.2, 0.25) is 0 Å². The van der Waals surface area contributed by atoms with E-state index in [1.54, 1.807) is 6.26 Å². The summed E-state index contributed by atoms with van der Waals surface area (Å²) in [5.41, 5.74) is 7.48. The van der Waals surface area contributed by atoms with Gasteiger partial charge in [-0.15, -0.1) is 0 Å². The van der Waals surface area contributed by atoms with Gasteiger partial charge in [-0.05, 0) is 39.0 Å². The summed E-state index contributed by atoms with van der Waals surface area (Å²) in [4.78, 5) is 0. The van der Waals surface area contributed by atoms with E-state index in [-0.39, 0.29) is 12.1 Å². The zero-order valence-electron chi connectivity index (χ0n) is 11.5. The normalized spacial score (nSPS) is 12.4. The monoisotopic (exact) mass is 260 g/mol. The third-order valence-electron chi connectivity index (χ3n) is 2.65. The second-order valence-electron chi connectivity index (χ2n) is 4.84. The van der Waals surface area contributed by atoms with Crippen molar-refractivity contribution in [3.05, 3.63) is 42.4 Å². The lowest BCUT2D eigenvalue weighted by Crippen LogP contribution is -2.08. The van der Waals surface area contributed by atoms with Crippen molar-refractivity contribution in [1.82, 2.24) is 0 Å². The molecule has 0 aliphatic heterocycles. The molecule has 0 saturated heterocycles. The second-order valence-corrected chi connectivity index (χ2v) is 4.84. The molecule has 0 saturated carbocycles. The van der Waals surface area contributed by atoms with Crippen molar-refractivity contribution in [3.63, 3.8) is 0 Å². The molecule has 1 atom stereocenters. The fourth-order valence-electron chi connectivity index (χ4n) is 1.90. The van der Waals surface area contributed by atoms with Gasteiger partial charge in [-0.3, -0.25) is 0 Å². The van der Waals surface area contributed by atoms with Crippen LogP contribution >= 0.6 is 0 Å². The molecule has 0 aliphatic carbocycles. The molecule has 1 heterocycles. The number of furan rings is 1. The first-order valence-corrected chi connectivity index (χ1v) is 6.42. The van der Waals surface area contributed by atoms with Crippen LogP contribution < -0.4 is 15.8 Å². The van der Waals surface area contributed by atoms with Crippen LogP contribution in [0, 0.1) is 0 Å². The second kappa shape index (κ2) is 5.69. The lowest BCUT2D eigenvalue weighted by molar-refractivity contribution is 0.242. The molecular weight excluding hydrogens is 240 g/mol. The van der Waals surface area contributed by atoms with Gasteiger partial charge in [0.05, 0.1) is 18.4 Å². The number of nitrogen functional groups attached to an aromatic ring is 1. The summed E-state index contributed by atoms with van der Waals surface area (Å²) in [6.07, 6.45) is 1.79. The Labute approximate surface area is 113 Å². The minimum absolute atomic E-state index is 0.0729. The molecule has 1 aromatic heterocycles. The number of nitrogens with two attached hydrogens (primary N) is 1. The van der Waals surface area contributed by atoms with Crippen molar-refractivity contribution in [1.29, 1.82) is 0 Å². The molecule has 102 valence electrons. The number of nitrogens with one attached hydrogen (secondary N) is 1. The summed E-state index contributed by atoms with van der Waals surface area (Å²) in [7, 11) is 0. The predicted octanol–water partition coefficient (Wildman–Crippen LogP) is 3.82. The van der Waals surface area contributed by atoms with E-state index in [9.17, 15) is 0 Å². The van der Waals surface area contributed by atoms with Crippen LogP contribution in [0.15, 0.2) is 41.0 Å². The molecule has 1 aromatic carbocycles. The first-order valence-electron chi connectivity index (χ1n) is 6.42. The van der Waals surface area contributed by atoms with Crippen LogP contribution in [-0.4, -0.2) is 6.10 Å². The summed E-state index contributed by atoms with van der Waals surface area (Å²) in [6.45, 7) is 6.01. The Hall–Kier alpha value is -2.10. The van der Waals surface area contributed by atoms with Crippen LogP contribution in [0.5, 0.6) is 5.75 Å². The molecule has 1 unspecified atom stereocenters. The van der Waals surface area contributed by atoms with Gasteiger partial charge in [0.15, 0.2) is 0 Å². The molecule has 2 aromatic rings. The van der Waals surface area contributed by atoms with Gasteiger partial charge in [0.25, 0.3) is 0 Å². The number of ether oxygens (including phenoxy) is 1. The molecule has 4 heteroatoms. The Bertz CT molecular complexity index is 521. The maximum atomic E-state index is 5.89. The van der Waals surface area contributed by atoms with Crippen molar-refractivity contribution < 1.29 is 9.15 Å². The summed E-state index contributed by atoms with van der Waals surface area (Å²) in [5.74, 6) is 1.65. The van der Waals surface area contributed by atoms with Crippen molar-refractivity contribution in [2.75, 3.05) is 11.1 Å². The number of benzene rings is 1. The molecule has 4 nitrogen and oxygen atoms in total. The molecule has 0 amide bonds. The van der Waals surface area contributed by atoms with Gasteiger partial charge in [-0.25, -0.2) is 0 Å². The summed E-state index contributed by atoms with van der Waals surface area (Å²) in [6, 6.07) is 9.53. The molecule has 0 spiro atoms. The topological polar surface area (TPSA) is 60.4 Å². The Balaban J connectivity index is 2.13. The predicted molar refractivity (Wildman–Crippen MR) is 77.4 cm³/mol. The average Bonchev–Trinajstić information content (AvgIpc) is 2.79. The molecule has 19 heavy (non-hydrogen) atoms. The SMILES string of the molecule is CC(C)Oc1cc(N)cc(NC(C)c2ccco2)c1. The van der Waals surface area contributed by atoms with E-state index >= 15 is 0 Å². The van der Waals surface area contributed by atoms with Crippen LogP contribution in [-0.2, 0) is 0 Å². The Kier molecular flexibility index (Phi) is 4.00. The maximum Gasteiger partial charge on any atom is 0.125 e. The van der Waals surface area contributed by atoms with Gasteiger partial charge in [0.1, 0.15) is 11.5 Å². The fourth-order valence-corrected chi connectivity index (χ4v) is 1.90. The number of hydrogen-bond acceptors (Lipinski definition) is 4. The van der Waals surface area contributed by atoms with E-state index < -0.39 is 0 Å².